The van der Waals surface area contributed by atoms with E-state index in [4.69, 9.17) is 28.4 Å². The van der Waals surface area contributed by atoms with E-state index in [0.29, 0.717) is 25.7 Å². The van der Waals surface area contributed by atoms with Crippen molar-refractivity contribution in [3.63, 3.8) is 0 Å². The van der Waals surface area contributed by atoms with Crippen molar-refractivity contribution >= 4 is 11.9 Å². The minimum atomic E-state index is -1.98. The number of hydrogen-bond acceptors (Lipinski definition) is 18. The van der Waals surface area contributed by atoms with Gasteiger partial charge in [-0.25, -0.2) is 4.79 Å². The second kappa shape index (κ2) is 18.0. The van der Waals surface area contributed by atoms with Crippen LogP contribution in [0.5, 0.6) is 0 Å². The van der Waals surface area contributed by atoms with Crippen LogP contribution in [0.4, 0.5) is 0 Å². The van der Waals surface area contributed by atoms with Crippen molar-refractivity contribution in [3.05, 3.63) is 11.6 Å². The monoisotopic (exact) mass is 956 g/mol. The first kappa shape index (κ1) is 51.4. The first-order valence-electron chi connectivity index (χ1n) is 24.3. The number of carbonyl (C=O) groups excluding carboxylic acids is 1. The maximum atomic E-state index is 14.7. The number of allylic oxidation sites excluding steroid dienone is 2. The third kappa shape index (κ3) is 8.06. The summed E-state index contributed by atoms with van der Waals surface area (Å²) < 4.78 is 35.7. The van der Waals surface area contributed by atoms with E-state index in [-0.39, 0.29) is 39.4 Å². The molecule has 8 rings (SSSR count). The second-order valence-electron chi connectivity index (χ2n) is 23.5. The van der Waals surface area contributed by atoms with E-state index in [9.17, 15) is 65.8 Å². The Morgan fingerprint density at radius 2 is 1.24 bits per heavy atom. The van der Waals surface area contributed by atoms with Crippen molar-refractivity contribution in [2.45, 2.75) is 211 Å². The van der Waals surface area contributed by atoms with Gasteiger partial charge >= 0.3 is 11.9 Å². The molecule has 0 bridgehead atoms. The molecule has 0 spiro atoms. The number of carboxylic acids is 1. The zero-order valence-electron chi connectivity index (χ0n) is 39.7. The number of aliphatic carboxylic acids is 1. The van der Waals surface area contributed by atoms with Gasteiger partial charge in [-0.1, -0.05) is 60.1 Å². The van der Waals surface area contributed by atoms with E-state index in [1.54, 1.807) is 0 Å². The van der Waals surface area contributed by atoms with Crippen molar-refractivity contribution in [3.8, 4) is 0 Å². The van der Waals surface area contributed by atoms with Crippen molar-refractivity contribution in [1.82, 2.24) is 0 Å². The van der Waals surface area contributed by atoms with Crippen LogP contribution in [-0.2, 0) is 38.0 Å². The molecule has 0 radical (unpaired) electrons. The predicted molar refractivity (Wildman–Crippen MR) is 231 cm³/mol. The highest BCUT2D eigenvalue weighted by Gasteiger charge is 2.70. The fourth-order valence-electron chi connectivity index (χ4n) is 15.0. The number of esters is 1. The maximum absolute atomic E-state index is 14.7. The van der Waals surface area contributed by atoms with Crippen LogP contribution in [0.15, 0.2) is 11.6 Å². The molecule has 0 aromatic carbocycles. The van der Waals surface area contributed by atoms with E-state index in [1.165, 1.54) is 5.57 Å². The highest BCUT2D eigenvalue weighted by molar-refractivity contribution is 5.79. The second-order valence-corrected chi connectivity index (χ2v) is 23.5. The van der Waals surface area contributed by atoms with Gasteiger partial charge in [-0.2, -0.15) is 0 Å². The Hall–Kier alpha value is -1.92. The molecule has 0 aromatic rings. The molecule has 0 aromatic heterocycles. The van der Waals surface area contributed by atoms with Gasteiger partial charge in [0.2, 0.25) is 6.29 Å². The predicted octanol–water partition coefficient (Wildman–Crippen LogP) is 0.233. The van der Waals surface area contributed by atoms with E-state index < -0.39 is 134 Å². The third-order valence-corrected chi connectivity index (χ3v) is 19.3. The lowest BCUT2D eigenvalue weighted by Crippen LogP contribution is -2.67. The van der Waals surface area contributed by atoms with Crippen LogP contribution in [0.2, 0.25) is 0 Å². The molecular weight excluding hydrogens is 881 g/mol. The third-order valence-electron chi connectivity index (χ3n) is 19.3. The van der Waals surface area contributed by atoms with Gasteiger partial charge in [-0.05, 0) is 109 Å². The lowest BCUT2D eigenvalue weighted by Gasteiger charge is -2.71. The molecule has 382 valence electrons. The smallest absolute Gasteiger partial charge is 0.335 e. The summed E-state index contributed by atoms with van der Waals surface area (Å²) in [4.78, 5) is 26.5. The molecule has 67 heavy (non-hydrogen) atoms. The average molecular weight is 957 g/mol. The summed E-state index contributed by atoms with van der Waals surface area (Å²) in [6.45, 7) is 14.6. The molecule has 3 saturated heterocycles. The van der Waals surface area contributed by atoms with E-state index in [0.717, 1.165) is 38.5 Å². The zero-order valence-corrected chi connectivity index (χ0v) is 39.7. The minimum Gasteiger partial charge on any atom is -0.479 e. The number of rotatable bonds is 9. The summed E-state index contributed by atoms with van der Waals surface area (Å²) in [6, 6.07) is 0. The molecule has 23 atom stereocenters. The SMILES string of the molecule is CC1(C)CCC2(C(=O)OC3OC(CO)C(O)C(O)C3O)CCC3(C)C(=CCC4C5(C)CCC(OC6OC(CO)C(O)C(O)C6OC6OC(C(=O)O)C(O)C(O)C6O)C(C)(C)C5CCC43C)C2C1. The van der Waals surface area contributed by atoms with Gasteiger partial charge in [-0.15, -0.1) is 0 Å². The van der Waals surface area contributed by atoms with Gasteiger partial charge in [0.25, 0.3) is 0 Å². The van der Waals surface area contributed by atoms with E-state index in [2.05, 4.69) is 54.5 Å². The number of carbonyl (C=O) groups is 2. The maximum Gasteiger partial charge on any atom is 0.335 e. The Labute approximate surface area is 391 Å². The largest absolute Gasteiger partial charge is 0.479 e. The first-order valence-corrected chi connectivity index (χ1v) is 24.3. The fourth-order valence-corrected chi connectivity index (χ4v) is 15.0. The Kier molecular flexibility index (Phi) is 13.8. The number of aliphatic hydroxyl groups is 10. The van der Waals surface area contributed by atoms with E-state index in [1.807, 2.05) is 0 Å². The Balaban J connectivity index is 1.04. The van der Waals surface area contributed by atoms with Crippen LogP contribution in [0.1, 0.15) is 113 Å². The average Bonchev–Trinajstić information content (AvgIpc) is 3.26. The van der Waals surface area contributed by atoms with Gasteiger partial charge < -0.3 is 84.6 Å². The summed E-state index contributed by atoms with van der Waals surface area (Å²) in [5, 5.41) is 115. The molecule has 23 unspecified atom stereocenters. The van der Waals surface area contributed by atoms with Crippen molar-refractivity contribution in [2.24, 2.45) is 50.2 Å². The molecule has 19 heteroatoms. The lowest BCUT2D eigenvalue weighted by atomic mass is 9.33. The molecule has 0 amide bonds. The van der Waals surface area contributed by atoms with Crippen LogP contribution in [0, 0.1) is 50.2 Å². The quantitative estimate of drug-likeness (QED) is 0.0838. The van der Waals surface area contributed by atoms with Crippen molar-refractivity contribution in [1.29, 1.82) is 0 Å². The Morgan fingerprint density at radius 1 is 0.642 bits per heavy atom. The van der Waals surface area contributed by atoms with Crippen LogP contribution >= 0.6 is 0 Å². The number of fused-ring (bicyclic) bond motifs is 7. The molecule has 7 fully saturated rings. The molecule has 3 heterocycles. The summed E-state index contributed by atoms with van der Waals surface area (Å²) in [7, 11) is 0. The molecule has 19 nitrogen and oxygen atoms in total. The lowest BCUT2D eigenvalue weighted by molar-refractivity contribution is -0.375. The van der Waals surface area contributed by atoms with Gasteiger partial charge in [0, 0.05) is 0 Å². The topological polar surface area (TPSA) is 312 Å². The molecular formula is C48H76O19. The summed E-state index contributed by atoms with van der Waals surface area (Å²) in [5.74, 6) is -1.96. The number of hydrogen-bond donors (Lipinski definition) is 11. The molecule has 5 aliphatic carbocycles. The van der Waals surface area contributed by atoms with Crippen LogP contribution in [-0.4, -0.2) is 180 Å². The van der Waals surface area contributed by atoms with Gasteiger partial charge in [0.05, 0.1) is 24.7 Å². The molecule has 4 saturated carbocycles. The van der Waals surface area contributed by atoms with Crippen molar-refractivity contribution < 1.29 is 94.2 Å². The Morgan fingerprint density at radius 3 is 1.88 bits per heavy atom. The number of aliphatic hydroxyl groups excluding tert-OH is 10. The Bertz CT molecular complexity index is 1880. The zero-order chi connectivity index (χ0) is 49.1. The van der Waals surface area contributed by atoms with Gasteiger partial charge in [-0.3, -0.25) is 4.79 Å². The van der Waals surface area contributed by atoms with Crippen LogP contribution < -0.4 is 0 Å². The highest BCUT2D eigenvalue weighted by atomic mass is 16.8. The van der Waals surface area contributed by atoms with Crippen LogP contribution in [0.25, 0.3) is 0 Å². The molecule has 8 aliphatic rings. The molecule has 3 aliphatic heterocycles. The number of carboxylic acid groups (broad SMARTS) is 1. The van der Waals surface area contributed by atoms with Gasteiger partial charge in [0.15, 0.2) is 18.7 Å². The molecule has 11 N–H and O–H groups in total. The summed E-state index contributed by atoms with van der Waals surface area (Å²) >= 11 is 0. The van der Waals surface area contributed by atoms with E-state index >= 15 is 0 Å². The first-order chi connectivity index (χ1) is 31.2. The standard InChI is InChI=1S/C48H76O19/c1-43(2)14-16-48(42(61)67-39-34(57)30(53)28(51)23(19-49)62-39)17-15-46(6)21(22(48)18-43)8-9-26-45(5)12-11-27(44(3,4)25(45)10-13-47(26,46)7)64-41-37(32(55)29(52)24(20-50)63-41)66-40-35(58)31(54)33(56)36(65-40)38(59)60/h8,22-37,39-41,49-58H,9-20H2,1-7H3,(H,59,60). The minimum absolute atomic E-state index is 0.0776. The summed E-state index contributed by atoms with van der Waals surface area (Å²) in [6.07, 6.45) is -16.3. The van der Waals surface area contributed by atoms with Gasteiger partial charge in [0.1, 0.15) is 67.1 Å². The number of ether oxygens (including phenoxy) is 6. The summed E-state index contributed by atoms with van der Waals surface area (Å²) in [5.41, 5.74) is -0.931. The van der Waals surface area contributed by atoms with Crippen molar-refractivity contribution in [2.75, 3.05) is 13.2 Å². The van der Waals surface area contributed by atoms with Crippen LogP contribution in [0.3, 0.4) is 0 Å². The highest BCUT2D eigenvalue weighted by Crippen LogP contribution is 2.76. The normalized spacial score (nSPS) is 52.6. The fraction of sp³-hybridized carbons (Fsp3) is 0.917.